The molecule has 0 amide bonds. The van der Waals surface area contributed by atoms with Crippen LogP contribution < -0.4 is 9.47 Å². The van der Waals surface area contributed by atoms with Crippen molar-refractivity contribution in [3.05, 3.63) is 66.7 Å². The fourth-order valence-corrected chi connectivity index (χ4v) is 3.82. The number of fused-ring (bicyclic) bond motifs is 8. The fourth-order valence-electron chi connectivity index (χ4n) is 3.82. The van der Waals surface area contributed by atoms with Crippen molar-refractivity contribution in [1.82, 2.24) is 4.40 Å². The van der Waals surface area contributed by atoms with Gasteiger partial charge in [-0.05, 0) is 35.7 Å². The number of aromatic nitrogens is 1. The summed E-state index contributed by atoms with van der Waals surface area (Å²) in [6.45, 7) is 0. The number of rotatable bonds is 2. The van der Waals surface area contributed by atoms with Gasteiger partial charge in [0.1, 0.15) is 0 Å². The van der Waals surface area contributed by atoms with Crippen molar-refractivity contribution in [1.29, 1.82) is 0 Å². The minimum absolute atomic E-state index is 0.748. The quantitative estimate of drug-likeness (QED) is 0.404. The number of hydrogen-bond donors (Lipinski definition) is 0. The highest BCUT2D eigenvalue weighted by Gasteiger charge is 2.15. The third-order valence-corrected chi connectivity index (χ3v) is 4.95. The van der Waals surface area contributed by atoms with E-state index in [2.05, 4.69) is 71.1 Å². The third-order valence-electron chi connectivity index (χ3n) is 4.95. The lowest BCUT2D eigenvalue weighted by Crippen LogP contribution is -1.94. The molecule has 0 spiro atoms. The van der Waals surface area contributed by atoms with E-state index in [-0.39, 0.29) is 0 Å². The van der Waals surface area contributed by atoms with Crippen LogP contribution in [0.5, 0.6) is 11.5 Å². The van der Waals surface area contributed by atoms with Gasteiger partial charge in [-0.3, -0.25) is 0 Å². The molecule has 0 aliphatic rings. The third kappa shape index (κ3) is 1.86. The Kier molecular flexibility index (Phi) is 2.92. The number of ether oxygens (including phenoxy) is 2. The van der Waals surface area contributed by atoms with Crippen LogP contribution in [0.3, 0.4) is 0 Å². The second kappa shape index (κ2) is 5.15. The number of para-hydroxylation sites is 2. The summed E-state index contributed by atoms with van der Waals surface area (Å²) in [4.78, 5) is 0. The highest BCUT2D eigenvalue weighted by Crippen LogP contribution is 2.39. The molecule has 3 aromatic carbocycles. The average Bonchev–Trinajstić information content (AvgIpc) is 3.07. The zero-order chi connectivity index (χ0) is 17.0. The van der Waals surface area contributed by atoms with E-state index in [9.17, 15) is 0 Å². The lowest BCUT2D eigenvalue weighted by molar-refractivity contribution is 0.356. The maximum Gasteiger partial charge on any atom is 0.161 e. The Morgan fingerprint density at radius 3 is 2.00 bits per heavy atom. The summed E-state index contributed by atoms with van der Waals surface area (Å²) in [7, 11) is 3.35. The van der Waals surface area contributed by atoms with Gasteiger partial charge < -0.3 is 13.9 Å². The lowest BCUT2D eigenvalue weighted by Gasteiger charge is -2.13. The molecule has 0 saturated heterocycles. The highest BCUT2D eigenvalue weighted by atomic mass is 16.5. The first-order valence-corrected chi connectivity index (χ1v) is 8.28. The first-order chi connectivity index (χ1) is 12.3. The molecule has 0 saturated carbocycles. The van der Waals surface area contributed by atoms with Crippen LogP contribution >= 0.6 is 0 Å². The van der Waals surface area contributed by atoms with Gasteiger partial charge in [0.15, 0.2) is 11.5 Å². The van der Waals surface area contributed by atoms with Crippen molar-refractivity contribution in [2.45, 2.75) is 0 Å². The van der Waals surface area contributed by atoms with Crippen LogP contribution in [0.4, 0.5) is 0 Å². The first kappa shape index (κ1) is 14.2. The van der Waals surface area contributed by atoms with Crippen LogP contribution in [0, 0.1) is 0 Å². The summed E-state index contributed by atoms with van der Waals surface area (Å²) in [5.74, 6) is 1.50. The molecular formula is C22H17NO2. The highest BCUT2D eigenvalue weighted by molar-refractivity contribution is 6.16. The van der Waals surface area contributed by atoms with Crippen molar-refractivity contribution in [2.75, 3.05) is 14.2 Å². The van der Waals surface area contributed by atoms with Crippen molar-refractivity contribution in [3.63, 3.8) is 0 Å². The lowest BCUT2D eigenvalue weighted by atomic mass is 10.0. The number of nitrogens with zero attached hydrogens (tertiary/aromatic N) is 1. The van der Waals surface area contributed by atoms with Gasteiger partial charge in [0, 0.05) is 16.2 Å². The van der Waals surface area contributed by atoms with Crippen molar-refractivity contribution in [3.8, 4) is 11.5 Å². The predicted octanol–water partition coefficient (Wildman–Crippen LogP) is 5.42. The summed E-state index contributed by atoms with van der Waals surface area (Å²) < 4.78 is 13.4. The maximum absolute atomic E-state index is 5.55. The van der Waals surface area contributed by atoms with Gasteiger partial charge in [-0.25, -0.2) is 0 Å². The molecule has 0 radical (unpaired) electrons. The Morgan fingerprint density at radius 2 is 1.24 bits per heavy atom. The van der Waals surface area contributed by atoms with E-state index < -0.39 is 0 Å². The van der Waals surface area contributed by atoms with Crippen LogP contribution in [0.25, 0.3) is 38.1 Å². The Morgan fingerprint density at radius 1 is 0.600 bits per heavy atom. The van der Waals surface area contributed by atoms with E-state index >= 15 is 0 Å². The molecule has 3 heteroatoms. The first-order valence-electron chi connectivity index (χ1n) is 8.28. The summed E-state index contributed by atoms with van der Waals surface area (Å²) in [6.07, 6.45) is 0. The summed E-state index contributed by atoms with van der Waals surface area (Å²) >= 11 is 0. The van der Waals surface area contributed by atoms with E-state index in [0.29, 0.717) is 0 Å². The van der Waals surface area contributed by atoms with Gasteiger partial charge >= 0.3 is 0 Å². The van der Waals surface area contributed by atoms with Gasteiger partial charge in [-0.2, -0.15) is 0 Å². The SMILES string of the molecule is COc1cc2c3ccccc3n3c4ccccc4cc3c2cc1OC. The van der Waals surface area contributed by atoms with E-state index in [0.717, 1.165) is 16.9 Å². The van der Waals surface area contributed by atoms with Crippen LogP contribution in [0.15, 0.2) is 66.7 Å². The molecule has 0 aliphatic carbocycles. The molecule has 3 nitrogen and oxygen atoms in total. The molecule has 5 aromatic rings. The molecule has 25 heavy (non-hydrogen) atoms. The van der Waals surface area contributed by atoms with Crippen LogP contribution in [-0.4, -0.2) is 18.6 Å². The zero-order valence-electron chi connectivity index (χ0n) is 14.1. The second-order valence-electron chi connectivity index (χ2n) is 6.19. The molecule has 5 rings (SSSR count). The Balaban J connectivity index is 2.13. The molecule has 0 N–H and O–H groups in total. The standard InChI is InChI=1S/C22H17NO2/c1-24-21-12-16-15-8-4-6-10-19(15)23-18-9-5-3-7-14(18)11-20(23)17(16)13-22(21)25-2/h3-13H,1-2H3. The van der Waals surface area contributed by atoms with E-state index in [1.807, 2.05) is 0 Å². The minimum atomic E-state index is 0.748. The molecule has 2 heterocycles. The normalized spacial score (nSPS) is 11.6. The summed E-state index contributed by atoms with van der Waals surface area (Å²) in [6, 6.07) is 23.4. The Labute approximate surface area is 145 Å². The van der Waals surface area contributed by atoms with Crippen molar-refractivity contribution >= 4 is 38.1 Å². The molecule has 0 unspecified atom stereocenters. The van der Waals surface area contributed by atoms with Gasteiger partial charge in [0.05, 0.1) is 30.8 Å². The number of hydrogen-bond acceptors (Lipinski definition) is 2. The van der Waals surface area contributed by atoms with Crippen LogP contribution in [0.2, 0.25) is 0 Å². The summed E-state index contributed by atoms with van der Waals surface area (Å²) in [5, 5.41) is 4.76. The number of benzene rings is 3. The van der Waals surface area contributed by atoms with Crippen molar-refractivity contribution < 1.29 is 9.47 Å². The Bertz CT molecular complexity index is 1270. The van der Waals surface area contributed by atoms with E-state index in [1.165, 1.54) is 32.7 Å². The molecule has 122 valence electrons. The predicted molar refractivity (Wildman–Crippen MR) is 103 cm³/mol. The monoisotopic (exact) mass is 327 g/mol. The molecule has 0 aliphatic heterocycles. The molecule has 0 fully saturated rings. The van der Waals surface area contributed by atoms with E-state index in [4.69, 9.17) is 9.47 Å². The van der Waals surface area contributed by atoms with Gasteiger partial charge in [-0.15, -0.1) is 0 Å². The minimum Gasteiger partial charge on any atom is -0.493 e. The topological polar surface area (TPSA) is 22.9 Å². The molecule has 0 atom stereocenters. The summed E-state index contributed by atoms with van der Waals surface area (Å²) in [5.41, 5.74) is 3.58. The Hall–Kier alpha value is -3.20. The second-order valence-corrected chi connectivity index (χ2v) is 6.19. The van der Waals surface area contributed by atoms with Crippen LogP contribution in [0.1, 0.15) is 0 Å². The van der Waals surface area contributed by atoms with Crippen molar-refractivity contribution in [2.24, 2.45) is 0 Å². The van der Waals surface area contributed by atoms with Gasteiger partial charge in [-0.1, -0.05) is 36.4 Å². The van der Waals surface area contributed by atoms with Gasteiger partial charge in [0.25, 0.3) is 0 Å². The molecular weight excluding hydrogens is 310 g/mol. The fraction of sp³-hybridized carbons (Fsp3) is 0.0909. The smallest absolute Gasteiger partial charge is 0.161 e. The largest absolute Gasteiger partial charge is 0.493 e. The maximum atomic E-state index is 5.55. The van der Waals surface area contributed by atoms with E-state index in [1.54, 1.807) is 14.2 Å². The molecule has 2 aromatic heterocycles. The zero-order valence-corrected chi connectivity index (χ0v) is 14.1. The molecule has 0 bridgehead atoms. The average molecular weight is 327 g/mol. The van der Waals surface area contributed by atoms with Crippen LogP contribution in [-0.2, 0) is 0 Å². The number of methoxy groups -OCH3 is 2. The number of pyridine rings is 1. The van der Waals surface area contributed by atoms with Gasteiger partial charge in [0.2, 0.25) is 0 Å².